The van der Waals surface area contributed by atoms with Gasteiger partial charge in [0.15, 0.2) is 0 Å². The second-order valence-electron chi connectivity index (χ2n) is 1.17. The van der Waals surface area contributed by atoms with Crippen LogP contribution in [0.4, 0.5) is 0 Å². The molecule has 0 rings (SSSR count). The molecule has 5 N–H and O–H groups in total. The van der Waals surface area contributed by atoms with Gasteiger partial charge in [0.1, 0.15) is 6.04 Å². The molecule has 0 aliphatic rings. The number of hydrogen-bond acceptors (Lipinski definition) is 3. The third kappa shape index (κ3) is 3.86. The van der Waals surface area contributed by atoms with Crippen molar-refractivity contribution in [3.05, 3.63) is 0 Å². The maximum atomic E-state index is 9.78. The Kier molecular flexibility index (Phi) is 6.41. The minimum atomic E-state index is -0.949. The van der Waals surface area contributed by atoms with Gasteiger partial charge >= 0.3 is 5.97 Å². The largest absolute Gasteiger partial charge is 0.480 e. The fourth-order valence-electron chi connectivity index (χ4n) is 0.0467. The number of aliphatic carboxylic acids is 1. The highest BCUT2D eigenvalue weighted by Gasteiger charge is 2.05. The van der Waals surface area contributed by atoms with Gasteiger partial charge in [-0.05, 0) is 18.7 Å². The summed E-state index contributed by atoms with van der Waals surface area (Å²) in [6, 6.07) is -0.665. The van der Waals surface area contributed by atoms with Crippen LogP contribution in [0.2, 0.25) is 0 Å². The number of carbonyl (C=O) groups is 1. The first-order chi connectivity index (χ1) is 3.18. The maximum absolute atomic E-state index is 9.78. The van der Waals surface area contributed by atoms with E-state index in [4.69, 9.17) is 16.9 Å². The van der Waals surface area contributed by atoms with Crippen LogP contribution in [0.15, 0.2) is 0 Å². The van der Waals surface area contributed by atoms with Crippen LogP contribution in [0, 0.1) is 0 Å². The molecule has 8 heavy (non-hydrogen) atoms. The minimum absolute atomic E-state index is 0. The molecule has 50 valence electrons. The Balaban J connectivity index is 0. The van der Waals surface area contributed by atoms with E-state index in [1.165, 1.54) is 6.92 Å². The van der Waals surface area contributed by atoms with E-state index in [9.17, 15) is 4.79 Å². The molecule has 1 atom stereocenters. The average Bonchev–Trinajstić information content (AvgIpc) is 1.65. The van der Waals surface area contributed by atoms with Crippen molar-refractivity contribution < 1.29 is 9.90 Å². The van der Waals surface area contributed by atoms with Gasteiger partial charge < -0.3 is 11.3 Å². The first kappa shape index (κ1) is 10.6. The highest BCUT2D eigenvalue weighted by atomic mass is 35.5. The molecule has 0 aliphatic carbocycles. The van der Waals surface area contributed by atoms with E-state index in [0.29, 0.717) is 0 Å². The molecule has 0 heterocycles. The number of carboxylic acids is 1. The minimum Gasteiger partial charge on any atom is -0.480 e. The number of hydrogen-bond donors (Lipinski definition) is 3. The predicted octanol–water partition coefficient (Wildman–Crippen LogP) is 0.365. The first-order valence-corrected chi connectivity index (χ1v) is 2.15. The molecular weight excluding hydrogens is 131 g/mol. The van der Waals surface area contributed by atoms with Crippen molar-refractivity contribution in [2.45, 2.75) is 13.0 Å². The summed E-state index contributed by atoms with van der Waals surface area (Å²) in [5, 5.41) is 8.04. The number of carboxylic acid groups (broad SMARTS) is 1. The molecule has 0 spiro atoms. The SMILES string of the molecule is CC(NCl)C(=O)O.N. The lowest BCUT2D eigenvalue weighted by Crippen LogP contribution is -2.26. The fraction of sp³-hybridized carbons (Fsp3) is 0.667. The van der Waals surface area contributed by atoms with Crippen LogP contribution in [0.25, 0.3) is 0 Å². The molecule has 5 heteroatoms. The maximum Gasteiger partial charge on any atom is 0.321 e. The Morgan fingerprint density at radius 3 is 2.25 bits per heavy atom. The standard InChI is InChI=1S/C3H6ClNO2.H3N/c1-2(5-4)3(6)7;/h2,5H,1H3,(H,6,7);1H3. The molecule has 0 aromatic rings. The summed E-state index contributed by atoms with van der Waals surface area (Å²) in [6.07, 6.45) is 0. The van der Waals surface area contributed by atoms with E-state index in [1.807, 2.05) is 4.84 Å². The molecule has 4 nitrogen and oxygen atoms in total. The van der Waals surface area contributed by atoms with E-state index >= 15 is 0 Å². The Hall–Kier alpha value is -0.320. The van der Waals surface area contributed by atoms with Gasteiger partial charge in [-0.25, -0.2) is 4.84 Å². The van der Waals surface area contributed by atoms with Crippen molar-refractivity contribution >= 4 is 17.7 Å². The van der Waals surface area contributed by atoms with Crippen molar-refractivity contribution in [2.24, 2.45) is 0 Å². The lowest BCUT2D eigenvalue weighted by Gasteiger charge is -1.97. The van der Waals surface area contributed by atoms with Crippen LogP contribution >= 0.6 is 11.8 Å². The molecule has 0 fully saturated rings. The van der Waals surface area contributed by atoms with Crippen LogP contribution in [0.3, 0.4) is 0 Å². The average molecular weight is 141 g/mol. The van der Waals surface area contributed by atoms with Crippen molar-refractivity contribution in [2.75, 3.05) is 0 Å². The monoisotopic (exact) mass is 140 g/mol. The number of halogens is 1. The van der Waals surface area contributed by atoms with Gasteiger partial charge in [-0.2, -0.15) is 0 Å². The number of nitrogens with one attached hydrogen (secondary N) is 1. The zero-order valence-corrected chi connectivity index (χ0v) is 5.27. The lowest BCUT2D eigenvalue weighted by molar-refractivity contribution is -0.138. The van der Waals surface area contributed by atoms with Gasteiger partial charge in [0.2, 0.25) is 0 Å². The van der Waals surface area contributed by atoms with Crippen LogP contribution in [0.1, 0.15) is 6.92 Å². The van der Waals surface area contributed by atoms with Gasteiger partial charge in [0.05, 0.1) is 0 Å². The van der Waals surface area contributed by atoms with E-state index < -0.39 is 12.0 Å². The summed E-state index contributed by atoms with van der Waals surface area (Å²) in [5.74, 6) is -0.949. The van der Waals surface area contributed by atoms with Crippen LogP contribution in [-0.4, -0.2) is 17.1 Å². The van der Waals surface area contributed by atoms with Crippen molar-refractivity contribution in [3.8, 4) is 0 Å². The molecule has 0 bridgehead atoms. The van der Waals surface area contributed by atoms with Gasteiger partial charge in [0.25, 0.3) is 0 Å². The first-order valence-electron chi connectivity index (χ1n) is 1.77. The van der Waals surface area contributed by atoms with E-state index in [-0.39, 0.29) is 6.15 Å². The van der Waals surface area contributed by atoms with Gasteiger partial charge in [0, 0.05) is 0 Å². The Labute approximate surface area is 52.5 Å². The van der Waals surface area contributed by atoms with E-state index in [1.54, 1.807) is 0 Å². The van der Waals surface area contributed by atoms with Gasteiger partial charge in [-0.1, -0.05) is 0 Å². The molecule has 1 unspecified atom stereocenters. The van der Waals surface area contributed by atoms with Crippen molar-refractivity contribution in [3.63, 3.8) is 0 Å². The fourth-order valence-corrected chi connectivity index (χ4v) is 0.140. The highest BCUT2D eigenvalue weighted by molar-refractivity contribution is 6.14. The molecule has 0 saturated carbocycles. The molecular formula is C3H9ClN2O2. The second-order valence-corrected chi connectivity index (χ2v) is 1.39. The Morgan fingerprint density at radius 2 is 2.25 bits per heavy atom. The second kappa shape index (κ2) is 4.83. The summed E-state index contributed by atoms with van der Waals surface area (Å²) >= 11 is 4.92. The summed E-state index contributed by atoms with van der Waals surface area (Å²) in [6.45, 7) is 1.45. The van der Waals surface area contributed by atoms with Crippen LogP contribution in [-0.2, 0) is 4.79 Å². The molecule has 0 amide bonds. The zero-order valence-electron chi connectivity index (χ0n) is 4.52. The smallest absolute Gasteiger partial charge is 0.321 e. The molecule has 0 aromatic heterocycles. The zero-order chi connectivity index (χ0) is 5.86. The normalized spacial score (nSPS) is 11.8. The van der Waals surface area contributed by atoms with Gasteiger partial charge in [-0.3, -0.25) is 4.79 Å². The lowest BCUT2D eigenvalue weighted by atomic mass is 10.4. The van der Waals surface area contributed by atoms with Crippen LogP contribution < -0.4 is 11.0 Å². The highest BCUT2D eigenvalue weighted by Crippen LogP contribution is 1.79. The van der Waals surface area contributed by atoms with E-state index in [2.05, 4.69) is 0 Å². The van der Waals surface area contributed by atoms with Crippen molar-refractivity contribution in [1.29, 1.82) is 0 Å². The molecule has 0 aliphatic heterocycles. The third-order valence-electron chi connectivity index (χ3n) is 0.534. The summed E-state index contributed by atoms with van der Waals surface area (Å²) in [4.78, 5) is 11.8. The predicted molar refractivity (Wildman–Crippen MR) is 31.1 cm³/mol. The molecule has 0 saturated heterocycles. The topological polar surface area (TPSA) is 84.3 Å². The van der Waals surface area contributed by atoms with E-state index in [0.717, 1.165) is 0 Å². The molecule has 0 radical (unpaired) electrons. The van der Waals surface area contributed by atoms with Crippen LogP contribution in [0.5, 0.6) is 0 Å². The summed E-state index contributed by atoms with van der Waals surface area (Å²) in [7, 11) is 0. The number of rotatable bonds is 2. The van der Waals surface area contributed by atoms with Gasteiger partial charge in [-0.15, -0.1) is 0 Å². The summed E-state index contributed by atoms with van der Waals surface area (Å²) < 4.78 is 0. The quantitative estimate of drug-likeness (QED) is 0.484. The Bertz CT molecular complexity index is 77.7. The molecule has 0 aromatic carbocycles. The third-order valence-corrected chi connectivity index (χ3v) is 0.861. The Morgan fingerprint density at radius 1 is 1.88 bits per heavy atom. The van der Waals surface area contributed by atoms with Crippen molar-refractivity contribution in [1.82, 2.24) is 11.0 Å². The summed E-state index contributed by atoms with van der Waals surface area (Å²) in [5.41, 5.74) is 0.